The summed E-state index contributed by atoms with van der Waals surface area (Å²) in [6.07, 6.45) is 1.63. The van der Waals surface area contributed by atoms with Crippen molar-refractivity contribution < 1.29 is 18.8 Å². The van der Waals surface area contributed by atoms with Gasteiger partial charge in [0.25, 0.3) is 6.20 Å². The van der Waals surface area contributed by atoms with Gasteiger partial charge in [0.15, 0.2) is 0 Å². The predicted octanol–water partition coefficient (Wildman–Crippen LogP) is 2.18. The minimum absolute atomic E-state index is 0.0961. The fourth-order valence-corrected chi connectivity index (χ4v) is 4.04. The summed E-state index contributed by atoms with van der Waals surface area (Å²) in [5.74, 6) is 0.103. The molecule has 11 heteroatoms. The Hall–Kier alpha value is -3.83. The summed E-state index contributed by atoms with van der Waals surface area (Å²) in [7, 11) is 0. The highest BCUT2D eigenvalue weighted by atomic mass is 32.2. The number of hydrogen-bond acceptors (Lipinski definition) is 9. The number of nitrogens with one attached hydrogen (secondary N) is 1. The molecule has 0 bridgehead atoms. The van der Waals surface area contributed by atoms with Gasteiger partial charge in [0.05, 0.1) is 36.8 Å². The van der Waals surface area contributed by atoms with Crippen LogP contribution in [0.4, 0.5) is 5.88 Å². The third-order valence-corrected chi connectivity index (χ3v) is 5.93. The first-order valence-corrected chi connectivity index (χ1v) is 11.7. The Morgan fingerprint density at radius 3 is 2.35 bits per heavy atom. The number of hydrogen-bond donors (Lipinski definition) is 1. The van der Waals surface area contributed by atoms with Gasteiger partial charge in [-0.3, -0.25) is 14.6 Å². The second-order valence-corrected chi connectivity index (χ2v) is 8.36. The molecule has 0 radical (unpaired) electrons. The molecule has 172 valence electrons. The number of carbonyl (C=O) groups is 1. The van der Waals surface area contributed by atoms with Crippen molar-refractivity contribution >= 4 is 23.6 Å². The average Bonchev–Trinajstić information content (AvgIpc) is 3.37. The van der Waals surface area contributed by atoms with Gasteiger partial charge in [-0.25, -0.2) is 4.98 Å². The van der Waals surface area contributed by atoms with Crippen LogP contribution >= 0.6 is 11.8 Å². The second kappa shape index (κ2) is 10.4. The van der Waals surface area contributed by atoms with Crippen LogP contribution in [-0.2, 0) is 9.53 Å². The number of anilines is 1. The van der Waals surface area contributed by atoms with Gasteiger partial charge in [-0.05, 0) is 0 Å². The van der Waals surface area contributed by atoms with Crippen molar-refractivity contribution in [2.75, 3.05) is 42.4 Å². The first kappa shape index (κ1) is 22.0. The van der Waals surface area contributed by atoms with Crippen LogP contribution in [0.15, 0.2) is 76.5 Å². The summed E-state index contributed by atoms with van der Waals surface area (Å²) in [5, 5.41) is 17.7. The molecule has 2 aromatic heterocycles. The molecule has 4 aromatic rings. The molecule has 0 aliphatic carbocycles. The molecule has 34 heavy (non-hydrogen) atoms. The molecule has 0 atom stereocenters. The highest BCUT2D eigenvalue weighted by Gasteiger charge is 2.24. The van der Waals surface area contributed by atoms with Crippen molar-refractivity contribution in [1.29, 1.82) is 0 Å². The van der Waals surface area contributed by atoms with Crippen molar-refractivity contribution in [1.82, 2.24) is 20.5 Å². The molecular weight excluding hydrogens is 454 g/mol. The van der Waals surface area contributed by atoms with E-state index in [0.29, 0.717) is 42.8 Å². The fourth-order valence-electron chi connectivity index (χ4n) is 3.45. The molecule has 1 fully saturated rings. The zero-order valence-corrected chi connectivity index (χ0v) is 19.0. The third-order valence-electron chi connectivity index (χ3n) is 5.09. The highest BCUT2D eigenvalue weighted by molar-refractivity contribution is 7.99. The smallest absolute Gasteiger partial charge is 0.305 e. The lowest BCUT2D eigenvalue weighted by molar-refractivity contribution is -0.759. The first-order chi connectivity index (χ1) is 16.8. The SMILES string of the molecule is O=C(CSc1nnc(-c2ccccc2)c(-c2ccccc2)n1)Nc1c[n+](N2CCOCC2)no1. The van der Waals surface area contributed by atoms with Crippen LogP contribution in [0.5, 0.6) is 0 Å². The lowest BCUT2D eigenvalue weighted by atomic mass is 10.0. The number of benzene rings is 2. The molecule has 1 aliphatic heterocycles. The van der Waals surface area contributed by atoms with Crippen molar-refractivity contribution in [3.63, 3.8) is 0 Å². The third kappa shape index (κ3) is 5.21. The van der Waals surface area contributed by atoms with Gasteiger partial charge in [-0.2, -0.15) is 0 Å². The molecule has 5 rings (SSSR count). The molecule has 0 saturated carbocycles. The van der Waals surface area contributed by atoms with Crippen LogP contribution in [0.3, 0.4) is 0 Å². The Labute approximate surface area is 199 Å². The highest BCUT2D eigenvalue weighted by Crippen LogP contribution is 2.29. The zero-order valence-electron chi connectivity index (χ0n) is 18.2. The summed E-state index contributed by atoms with van der Waals surface area (Å²) in [6.45, 7) is 2.65. The molecule has 0 unspecified atom stereocenters. The summed E-state index contributed by atoms with van der Waals surface area (Å²) in [6, 6.07) is 19.6. The van der Waals surface area contributed by atoms with E-state index >= 15 is 0 Å². The van der Waals surface area contributed by atoms with Crippen molar-refractivity contribution in [3.05, 3.63) is 66.9 Å². The lowest BCUT2D eigenvalue weighted by Gasteiger charge is -2.18. The van der Waals surface area contributed by atoms with Gasteiger partial charge in [0.1, 0.15) is 11.4 Å². The standard InChI is InChI=1S/C23H21N7O3S/c31-19(24-20-15-30(28-33-20)29-11-13-32-14-12-29)16-34-23-25-21(17-7-3-1-4-8-17)22(26-27-23)18-9-5-2-6-10-18/h1-10,15H,11-14,16H2/p+1. The van der Waals surface area contributed by atoms with E-state index in [4.69, 9.17) is 14.2 Å². The minimum atomic E-state index is -0.257. The van der Waals surface area contributed by atoms with Crippen molar-refractivity contribution in [3.8, 4) is 22.5 Å². The molecule has 3 heterocycles. The van der Waals surface area contributed by atoms with E-state index in [-0.39, 0.29) is 17.5 Å². The maximum Gasteiger partial charge on any atom is 0.305 e. The second-order valence-electron chi connectivity index (χ2n) is 7.41. The summed E-state index contributed by atoms with van der Waals surface area (Å²) < 4.78 is 10.6. The molecule has 10 nitrogen and oxygen atoms in total. The number of thioether (sulfide) groups is 1. The van der Waals surface area contributed by atoms with Crippen LogP contribution in [-0.4, -0.2) is 58.4 Å². The largest absolute Gasteiger partial charge is 0.377 e. The van der Waals surface area contributed by atoms with Crippen LogP contribution in [0.1, 0.15) is 0 Å². The van der Waals surface area contributed by atoms with Crippen LogP contribution in [0, 0.1) is 0 Å². The summed E-state index contributed by atoms with van der Waals surface area (Å²) >= 11 is 1.20. The number of carbonyl (C=O) groups excluding carboxylic acids is 1. The monoisotopic (exact) mass is 476 g/mol. The Balaban J connectivity index is 1.27. The van der Waals surface area contributed by atoms with E-state index in [1.54, 1.807) is 11.0 Å². The molecule has 1 N–H and O–H groups in total. The van der Waals surface area contributed by atoms with Gasteiger partial charge >= 0.3 is 5.88 Å². The first-order valence-electron chi connectivity index (χ1n) is 10.8. The quantitative estimate of drug-likeness (QED) is 0.317. The zero-order chi connectivity index (χ0) is 23.2. The van der Waals surface area contributed by atoms with Gasteiger partial charge < -0.3 is 4.74 Å². The normalized spacial score (nSPS) is 13.6. The maximum absolute atomic E-state index is 12.5. The van der Waals surface area contributed by atoms with E-state index in [9.17, 15) is 4.79 Å². The van der Waals surface area contributed by atoms with E-state index < -0.39 is 0 Å². The topological polar surface area (TPSA) is 110 Å². The Morgan fingerprint density at radius 1 is 0.971 bits per heavy atom. The van der Waals surface area contributed by atoms with Crippen LogP contribution < -0.4 is 15.1 Å². The minimum Gasteiger partial charge on any atom is -0.377 e. The van der Waals surface area contributed by atoms with Gasteiger partial charge in [-0.1, -0.05) is 72.4 Å². The molecule has 1 aliphatic rings. The lowest BCUT2D eigenvalue weighted by Crippen LogP contribution is -2.62. The fraction of sp³-hybridized carbons (Fsp3) is 0.217. The molecule has 1 amide bonds. The molecule has 1 saturated heterocycles. The van der Waals surface area contributed by atoms with E-state index in [0.717, 1.165) is 11.1 Å². The van der Waals surface area contributed by atoms with Crippen LogP contribution in [0.25, 0.3) is 22.5 Å². The van der Waals surface area contributed by atoms with E-state index in [2.05, 4.69) is 20.8 Å². The molecule has 2 aromatic carbocycles. The van der Waals surface area contributed by atoms with Crippen molar-refractivity contribution in [2.24, 2.45) is 0 Å². The Bertz CT molecular complexity index is 1250. The molecule has 0 spiro atoms. The summed E-state index contributed by atoms with van der Waals surface area (Å²) in [4.78, 5) is 18.8. The number of aromatic nitrogens is 5. The number of amides is 1. The van der Waals surface area contributed by atoms with Crippen molar-refractivity contribution in [2.45, 2.75) is 5.16 Å². The van der Waals surface area contributed by atoms with Crippen LogP contribution in [0.2, 0.25) is 0 Å². The Kier molecular flexibility index (Phi) is 6.73. The predicted molar refractivity (Wildman–Crippen MR) is 126 cm³/mol. The number of morpholine rings is 1. The number of ether oxygens (including phenoxy) is 1. The van der Waals surface area contributed by atoms with Gasteiger partial charge in [-0.15, -0.1) is 15.2 Å². The average molecular weight is 477 g/mol. The van der Waals surface area contributed by atoms with Gasteiger partial charge in [0.2, 0.25) is 16.3 Å². The number of rotatable bonds is 7. The van der Waals surface area contributed by atoms with Gasteiger partial charge in [0, 0.05) is 11.1 Å². The molecular formula is C23H22N7O3S+. The Morgan fingerprint density at radius 2 is 1.65 bits per heavy atom. The van der Waals surface area contributed by atoms with E-state index in [1.165, 1.54) is 11.8 Å². The maximum atomic E-state index is 12.5. The summed E-state index contributed by atoms with van der Waals surface area (Å²) in [5.41, 5.74) is 3.26. The number of nitrogens with zero attached hydrogens (tertiary/aromatic N) is 6. The van der Waals surface area contributed by atoms with E-state index in [1.807, 2.05) is 65.7 Å².